The normalized spacial score (nSPS) is 10.6. The van der Waals surface area contributed by atoms with Gasteiger partial charge in [-0.1, -0.05) is 33.1 Å². The van der Waals surface area contributed by atoms with Crippen molar-refractivity contribution in [3.8, 4) is 0 Å². The molecule has 0 atom stereocenters. The lowest BCUT2D eigenvalue weighted by Gasteiger charge is -2.07. The molecule has 1 N–H and O–H groups in total. The molecule has 0 bridgehead atoms. The second-order valence-electron chi connectivity index (χ2n) is 4.58. The number of pyridine rings is 1. The van der Waals surface area contributed by atoms with Crippen LogP contribution < -0.4 is 5.32 Å². The number of ether oxygens (including phenoxy) is 1. The Labute approximate surface area is 111 Å². The topological polar surface area (TPSA) is 34.1 Å². The van der Waals surface area contributed by atoms with Gasteiger partial charge in [0.1, 0.15) is 0 Å². The molecule has 0 aliphatic carbocycles. The van der Waals surface area contributed by atoms with Crippen LogP contribution in [0.5, 0.6) is 0 Å². The molecule has 0 aromatic carbocycles. The van der Waals surface area contributed by atoms with Crippen molar-refractivity contribution in [1.29, 1.82) is 0 Å². The standard InChI is InChI=1S/C15H26N2O/c1-3-5-6-7-11-18-13-15-12-14(8-10-17-15)16-9-4-2/h8,10,12H,3-7,9,11,13H2,1-2H3,(H,16,17). The highest BCUT2D eigenvalue weighted by atomic mass is 16.5. The number of aromatic nitrogens is 1. The summed E-state index contributed by atoms with van der Waals surface area (Å²) in [5.74, 6) is 0. The molecule has 0 aliphatic heterocycles. The lowest BCUT2D eigenvalue weighted by Crippen LogP contribution is -2.02. The maximum absolute atomic E-state index is 5.64. The second kappa shape index (κ2) is 9.89. The van der Waals surface area contributed by atoms with E-state index in [-0.39, 0.29) is 0 Å². The van der Waals surface area contributed by atoms with Gasteiger partial charge in [0.05, 0.1) is 12.3 Å². The van der Waals surface area contributed by atoms with E-state index in [1.165, 1.54) is 19.3 Å². The molecular formula is C15H26N2O. The zero-order valence-corrected chi connectivity index (χ0v) is 11.7. The van der Waals surface area contributed by atoms with Crippen LogP contribution in [0.25, 0.3) is 0 Å². The molecule has 0 amide bonds. The lowest BCUT2D eigenvalue weighted by molar-refractivity contribution is 0.114. The third kappa shape index (κ3) is 6.60. The zero-order chi connectivity index (χ0) is 13.1. The van der Waals surface area contributed by atoms with Crippen molar-refractivity contribution >= 4 is 5.69 Å². The first kappa shape index (κ1) is 15.0. The Morgan fingerprint density at radius 1 is 1.17 bits per heavy atom. The molecule has 3 nitrogen and oxygen atoms in total. The molecule has 0 spiro atoms. The SMILES string of the molecule is CCCCCCOCc1cc(NCCC)ccn1. The van der Waals surface area contributed by atoms with E-state index >= 15 is 0 Å². The Hall–Kier alpha value is -1.09. The van der Waals surface area contributed by atoms with Crippen molar-refractivity contribution < 1.29 is 4.74 Å². The van der Waals surface area contributed by atoms with Gasteiger partial charge >= 0.3 is 0 Å². The minimum atomic E-state index is 0.619. The highest BCUT2D eigenvalue weighted by Gasteiger charge is 1.97. The minimum absolute atomic E-state index is 0.619. The first-order chi connectivity index (χ1) is 8.86. The Morgan fingerprint density at radius 2 is 2.06 bits per heavy atom. The van der Waals surface area contributed by atoms with E-state index in [0.717, 1.165) is 37.4 Å². The van der Waals surface area contributed by atoms with E-state index in [9.17, 15) is 0 Å². The first-order valence-corrected chi connectivity index (χ1v) is 7.13. The first-order valence-electron chi connectivity index (χ1n) is 7.13. The van der Waals surface area contributed by atoms with Crippen molar-refractivity contribution in [2.24, 2.45) is 0 Å². The van der Waals surface area contributed by atoms with Gasteiger partial charge in [-0.15, -0.1) is 0 Å². The fourth-order valence-corrected chi connectivity index (χ4v) is 1.74. The fourth-order valence-electron chi connectivity index (χ4n) is 1.74. The Kier molecular flexibility index (Phi) is 8.23. The average molecular weight is 250 g/mol. The van der Waals surface area contributed by atoms with Crippen LogP contribution in [0.1, 0.15) is 51.6 Å². The van der Waals surface area contributed by atoms with Crippen LogP contribution in [-0.2, 0) is 11.3 Å². The summed E-state index contributed by atoms with van der Waals surface area (Å²) < 4.78 is 5.64. The van der Waals surface area contributed by atoms with Crippen LogP contribution in [0.15, 0.2) is 18.3 Å². The molecular weight excluding hydrogens is 224 g/mol. The van der Waals surface area contributed by atoms with Gasteiger partial charge in [0, 0.05) is 25.0 Å². The van der Waals surface area contributed by atoms with Gasteiger partial charge in [0.15, 0.2) is 0 Å². The van der Waals surface area contributed by atoms with E-state index in [1.807, 2.05) is 12.3 Å². The number of nitrogens with one attached hydrogen (secondary N) is 1. The summed E-state index contributed by atoms with van der Waals surface area (Å²) in [5.41, 5.74) is 2.14. The van der Waals surface area contributed by atoms with E-state index in [2.05, 4.69) is 30.2 Å². The number of rotatable bonds is 10. The van der Waals surface area contributed by atoms with Crippen molar-refractivity contribution in [2.75, 3.05) is 18.5 Å². The van der Waals surface area contributed by atoms with Gasteiger partial charge in [-0.3, -0.25) is 4.98 Å². The van der Waals surface area contributed by atoms with E-state index in [1.54, 1.807) is 0 Å². The Morgan fingerprint density at radius 3 is 2.83 bits per heavy atom. The highest BCUT2D eigenvalue weighted by molar-refractivity contribution is 5.42. The fraction of sp³-hybridized carbons (Fsp3) is 0.667. The molecule has 1 rings (SSSR count). The highest BCUT2D eigenvalue weighted by Crippen LogP contribution is 2.09. The molecule has 0 radical (unpaired) electrons. The van der Waals surface area contributed by atoms with Gasteiger partial charge < -0.3 is 10.1 Å². The Bertz CT molecular complexity index is 315. The summed E-state index contributed by atoms with van der Waals surface area (Å²) in [6.07, 6.45) is 7.97. The third-order valence-corrected chi connectivity index (χ3v) is 2.79. The van der Waals surface area contributed by atoms with Gasteiger partial charge in [-0.25, -0.2) is 0 Å². The van der Waals surface area contributed by atoms with Crippen LogP contribution in [0.3, 0.4) is 0 Å². The lowest BCUT2D eigenvalue weighted by atomic mass is 10.2. The van der Waals surface area contributed by atoms with Crippen LogP contribution >= 0.6 is 0 Å². The number of hydrogen-bond donors (Lipinski definition) is 1. The summed E-state index contributed by atoms with van der Waals surface area (Å²) in [6.45, 7) is 6.84. The molecule has 0 saturated carbocycles. The van der Waals surface area contributed by atoms with Crippen LogP contribution in [0.2, 0.25) is 0 Å². The number of unbranched alkanes of at least 4 members (excludes halogenated alkanes) is 3. The molecule has 3 heteroatoms. The van der Waals surface area contributed by atoms with Crippen molar-refractivity contribution in [3.63, 3.8) is 0 Å². The third-order valence-electron chi connectivity index (χ3n) is 2.79. The maximum atomic E-state index is 5.64. The molecule has 1 aromatic heterocycles. The zero-order valence-electron chi connectivity index (χ0n) is 11.7. The van der Waals surface area contributed by atoms with E-state index in [0.29, 0.717) is 6.61 Å². The predicted molar refractivity (Wildman–Crippen MR) is 76.8 cm³/mol. The smallest absolute Gasteiger partial charge is 0.0888 e. The number of nitrogens with zero attached hydrogens (tertiary/aromatic N) is 1. The van der Waals surface area contributed by atoms with E-state index < -0.39 is 0 Å². The van der Waals surface area contributed by atoms with Crippen molar-refractivity contribution in [3.05, 3.63) is 24.0 Å². The summed E-state index contributed by atoms with van der Waals surface area (Å²) in [5, 5.41) is 3.36. The van der Waals surface area contributed by atoms with Gasteiger partial charge in [0.25, 0.3) is 0 Å². The van der Waals surface area contributed by atoms with Crippen LogP contribution in [-0.4, -0.2) is 18.1 Å². The summed E-state index contributed by atoms with van der Waals surface area (Å²) in [6, 6.07) is 4.07. The summed E-state index contributed by atoms with van der Waals surface area (Å²) in [7, 11) is 0. The Balaban J connectivity index is 2.20. The van der Waals surface area contributed by atoms with Crippen LogP contribution in [0, 0.1) is 0 Å². The summed E-state index contributed by atoms with van der Waals surface area (Å²) >= 11 is 0. The van der Waals surface area contributed by atoms with Crippen molar-refractivity contribution in [1.82, 2.24) is 4.98 Å². The molecule has 1 aromatic rings. The van der Waals surface area contributed by atoms with Crippen molar-refractivity contribution in [2.45, 2.75) is 52.6 Å². The molecule has 1 heterocycles. The minimum Gasteiger partial charge on any atom is -0.385 e. The number of anilines is 1. The molecule has 102 valence electrons. The number of hydrogen-bond acceptors (Lipinski definition) is 3. The van der Waals surface area contributed by atoms with E-state index in [4.69, 9.17) is 4.74 Å². The molecule has 18 heavy (non-hydrogen) atoms. The molecule has 0 unspecified atom stereocenters. The summed E-state index contributed by atoms with van der Waals surface area (Å²) in [4.78, 5) is 4.32. The maximum Gasteiger partial charge on any atom is 0.0888 e. The molecule has 0 aliphatic rings. The average Bonchev–Trinajstić information content (AvgIpc) is 2.41. The van der Waals surface area contributed by atoms with Crippen LogP contribution in [0.4, 0.5) is 5.69 Å². The molecule has 0 fully saturated rings. The molecule has 0 saturated heterocycles. The van der Waals surface area contributed by atoms with Gasteiger partial charge in [-0.2, -0.15) is 0 Å². The van der Waals surface area contributed by atoms with Gasteiger partial charge in [-0.05, 0) is 25.0 Å². The predicted octanol–water partition coefficient (Wildman–Crippen LogP) is 4.00. The van der Waals surface area contributed by atoms with Gasteiger partial charge in [0.2, 0.25) is 0 Å². The second-order valence-corrected chi connectivity index (χ2v) is 4.58. The monoisotopic (exact) mass is 250 g/mol. The quantitative estimate of drug-likeness (QED) is 0.637. The largest absolute Gasteiger partial charge is 0.385 e.